The average Bonchev–Trinajstić information content (AvgIpc) is 2.47. The van der Waals surface area contributed by atoms with E-state index < -0.39 is 0 Å². The first-order valence-corrected chi connectivity index (χ1v) is 7.93. The van der Waals surface area contributed by atoms with Gasteiger partial charge in [-0.05, 0) is 37.2 Å². The maximum atomic E-state index is 9.60. The summed E-state index contributed by atoms with van der Waals surface area (Å²) in [5, 5.41) is 9.60. The third-order valence-corrected chi connectivity index (χ3v) is 4.68. The molecule has 0 aromatic heterocycles. The molecule has 1 aromatic carbocycles. The number of benzene rings is 1. The molecular formula is C18H28O2. The van der Waals surface area contributed by atoms with E-state index >= 15 is 0 Å². The van der Waals surface area contributed by atoms with Gasteiger partial charge in [0, 0.05) is 12.5 Å². The minimum Gasteiger partial charge on any atom is -0.396 e. The van der Waals surface area contributed by atoms with Gasteiger partial charge in [-0.15, -0.1) is 0 Å². The lowest BCUT2D eigenvalue weighted by Gasteiger charge is -2.31. The predicted octanol–water partition coefficient (Wildman–Crippen LogP) is 3.95. The van der Waals surface area contributed by atoms with E-state index in [-0.39, 0.29) is 6.61 Å². The monoisotopic (exact) mass is 276 g/mol. The molecule has 0 unspecified atom stereocenters. The first-order valence-electron chi connectivity index (χ1n) is 7.93. The van der Waals surface area contributed by atoms with Crippen LogP contribution in [0.15, 0.2) is 24.3 Å². The number of ether oxygens (including phenoxy) is 1. The van der Waals surface area contributed by atoms with E-state index in [0.29, 0.717) is 25.0 Å². The Morgan fingerprint density at radius 1 is 1.15 bits per heavy atom. The average molecular weight is 276 g/mol. The Morgan fingerprint density at radius 3 is 2.40 bits per heavy atom. The normalized spacial score (nSPS) is 24.6. The van der Waals surface area contributed by atoms with Gasteiger partial charge >= 0.3 is 0 Å². The maximum Gasteiger partial charge on any atom is 0.0717 e. The summed E-state index contributed by atoms with van der Waals surface area (Å²) < 4.78 is 5.83. The van der Waals surface area contributed by atoms with Gasteiger partial charge in [0.25, 0.3) is 0 Å². The Labute approximate surface area is 123 Å². The molecule has 0 aliphatic heterocycles. The van der Waals surface area contributed by atoms with Crippen molar-refractivity contribution < 1.29 is 9.84 Å². The molecule has 0 bridgehead atoms. The van der Waals surface area contributed by atoms with Crippen molar-refractivity contribution in [2.24, 2.45) is 17.8 Å². The van der Waals surface area contributed by atoms with E-state index in [9.17, 15) is 5.11 Å². The van der Waals surface area contributed by atoms with E-state index in [1.54, 1.807) is 0 Å². The number of hydrogen-bond acceptors (Lipinski definition) is 2. The molecule has 1 aromatic rings. The standard InChI is InChI=1S/C18H28O2/c1-14-3-7-16(8-4-14)12-20-13-18(11-19)17-9-5-15(2)6-10-17/h3-4,7-8,15,17-19H,5-6,9-13H2,1-2H3/t15?,17?,18-/m0/s1. The Balaban J connectivity index is 1.74. The number of aliphatic hydroxyl groups excluding tert-OH is 1. The van der Waals surface area contributed by atoms with Gasteiger partial charge < -0.3 is 9.84 Å². The van der Waals surface area contributed by atoms with Gasteiger partial charge in [0.15, 0.2) is 0 Å². The summed E-state index contributed by atoms with van der Waals surface area (Å²) in [4.78, 5) is 0. The first-order chi connectivity index (χ1) is 9.69. The van der Waals surface area contributed by atoms with Crippen molar-refractivity contribution in [2.75, 3.05) is 13.2 Å². The van der Waals surface area contributed by atoms with Crippen molar-refractivity contribution in [3.8, 4) is 0 Å². The van der Waals surface area contributed by atoms with Crippen LogP contribution in [0.4, 0.5) is 0 Å². The zero-order chi connectivity index (χ0) is 14.4. The van der Waals surface area contributed by atoms with Crippen molar-refractivity contribution in [3.05, 3.63) is 35.4 Å². The molecule has 1 saturated carbocycles. The minimum atomic E-state index is 0.257. The largest absolute Gasteiger partial charge is 0.396 e. The van der Waals surface area contributed by atoms with Crippen molar-refractivity contribution >= 4 is 0 Å². The fourth-order valence-electron chi connectivity index (χ4n) is 3.11. The smallest absolute Gasteiger partial charge is 0.0717 e. The summed E-state index contributed by atoms with van der Waals surface area (Å²) >= 11 is 0. The minimum absolute atomic E-state index is 0.257. The first kappa shape index (κ1) is 15.5. The fourth-order valence-corrected chi connectivity index (χ4v) is 3.11. The highest BCUT2D eigenvalue weighted by molar-refractivity contribution is 5.20. The molecule has 1 aliphatic carbocycles. The molecule has 0 heterocycles. The molecule has 2 nitrogen and oxygen atoms in total. The van der Waals surface area contributed by atoms with Crippen LogP contribution in [0, 0.1) is 24.7 Å². The highest BCUT2D eigenvalue weighted by Crippen LogP contribution is 2.33. The van der Waals surface area contributed by atoms with Gasteiger partial charge in [0.05, 0.1) is 13.2 Å². The molecule has 2 rings (SSSR count). The van der Waals surface area contributed by atoms with E-state index in [1.807, 2.05) is 0 Å². The zero-order valence-electron chi connectivity index (χ0n) is 12.8. The highest BCUT2D eigenvalue weighted by atomic mass is 16.5. The second-order valence-corrected chi connectivity index (χ2v) is 6.46. The number of aryl methyl sites for hydroxylation is 1. The summed E-state index contributed by atoms with van der Waals surface area (Å²) in [6.45, 7) is 6.02. The molecule has 2 heteroatoms. The Morgan fingerprint density at radius 2 is 1.80 bits per heavy atom. The van der Waals surface area contributed by atoms with Crippen LogP contribution in [0.25, 0.3) is 0 Å². The Hall–Kier alpha value is -0.860. The summed E-state index contributed by atoms with van der Waals surface area (Å²) in [6, 6.07) is 8.46. The molecule has 20 heavy (non-hydrogen) atoms. The summed E-state index contributed by atoms with van der Waals surface area (Å²) in [6.07, 6.45) is 5.11. The molecule has 1 aliphatic rings. The van der Waals surface area contributed by atoms with Crippen LogP contribution in [0.2, 0.25) is 0 Å². The number of rotatable bonds is 6. The quantitative estimate of drug-likeness (QED) is 0.852. The van der Waals surface area contributed by atoms with Crippen LogP contribution in [-0.2, 0) is 11.3 Å². The molecule has 112 valence electrons. The third kappa shape index (κ3) is 4.60. The highest BCUT2D eigenvalue weighted by Gasteiger charge is 2.25. The van der Waals surface area contributed by atoms with E-state index in [0.717, 1.165) is 5.92 Å². The second-order valence-electron chi connectivity index (χ2n) is 6.46. The van der Waals surface area contributed by atoms with Crippen LogP contribution in [-0.4, -0.2) is 18.3 Å². The summed E-state index contributed by atoms with van der Waals surface area (Å²) in [7, 11) is 0. The number of aliphatic hydroxyl groups is 1. The van der Waals surface area contributed by atoms with Gasteiger partial charge in [0.2, 0.25) is 0 Å². The zero-order valence-corrected chi connectivity index (χ0v) is 12.8. The molecular weight excluding hydrogens is 248 g/mol. The molecule has 0 spiro atoms. The predicted molar refractivity (Wildman–Crippen MR) is 82.5 cm³/mol. The second kappa shape index (κ2) is 7.80. The SMILES string of the molecule is Cc1ccc(COC[C@H](CO)C2CCC(C)CC2)cc1. The maximum absolute atomic E-state index is 9.60. The Kier molecular flexibility index (Phi) is 6.06. The molecule has 0 saturated heterocycles. The lowest BCUT2D eigenvalue weighted by molar-refractivity contribution is 0.0256. The van der Waals surface area contributed by atoms with Gasteiger partial charge in [-0.1, -0.05) is 49.6 Å². The third-order valence-electron chi connectivity index (χ3n) is 4.68. The van der Waals surface area contributed by atoms with Crippen molar-refractivity contribution in [2.45, 2.75) is 46.1 Å². The molecule has 1 N–H and O–H groups in total. The lowest BCUT2D eigenvalue weighted by Crippen LogP contribution is -2.27. The molecule has 0 radical (unpaired) electrons. The van der Waals surface area contributed by atoms with Gasteiger partial charge in [-0.3, -0.25) is 0 Å². The summed E-state index contributed by atoms with van der Waals surface area (Å²) in [5.41, 5.74) is 2.49. The van der Waals surface area contributed by atoms with Gasteiger partial charge in [-0.2, -0.15) is 0 Å². The Bertz CT molecular complexity index is 377. The molecule has 0 amide bonds. The van der Waals surface area contributed by atoms with Crippen LogP contribution in [0.3, 0.4) is 0 Å². The van der Waals surface area contributed by atoms with Crippen LogP contribution >= 0.6 is 0 Å². The van der Waals surface area contributed by atoms with Crippen LogP contribution in [0.1, 0.15) is 43.7 Å². The van der Waals surface area contributed by atoms with Crippen molar-refractivity contribution in [1.29, 1.82) is 0 Å². The van der Waals surface area contributed by atoms with Crippen LogP contribution < -0.4 is 0 Å². The molecule has 1 fully saturated rings. The lowest BCUT2D eigenvalue weighted by atomic mass is 9.77. The van der Waals surface area contributed by atoms with E-state index in [4.69, 9.17) is 4.74 Å². The van der Waals surface area contributed by atoms with Crippen LogP contribution in [0.5, 0.6) is 0 Å². The number of hydrogen-bond donors (Lipinski definition) is 1. The van der Waals surface area contributed by atoms with Crippen molar-refractivity contribution in [3.63, 3.8) is 0 Å². The topological polar surface area (TPSA) is 29.5 Å². The van der Waals surface area contributed by atoms with E-state index in [1.165, 1.54) is 36.8 Å². The summed E-state index contributed by atoms with van der Waals surface area (Å²) in [5.74, 6) is 1.82. The molecule has 1 atom stereocenters. The van der Waals surface area contributed by atoms with E-state index in [2.05, 4.69) is 38.1 Å². The van der Waals surface area contributed by atoms with Gasteiger partial charge in [0.1, 0.15) is 0 Å². The fraction of sp³-hybridized carbons (Fsp3) is 0.667. The van der Waals surface area contributed by atoms with Crippen molar-refractivity contribution in [1.82, 2.24) is 0 Å². The van der Waals surface area contributed by atoms with Gasteiger partial charge in [-0.25, -0.2) is 0 Å².